The molecule has 7 heteroatoms. The number of hydrogen-bond donors (Lipinski definition) is 0. The maximum absolute atomic E-state index is 6.64. The van der Waals surface area contributed by atoms with E-state index in [1.54, 1.807) is 0 Å². The summed E-state index contributed by atoms with van der Waals surface area (Å²) in [4.78, 5) is 11.7. The number of benzene rings is 4. The van der Waals surface area contributed by atoms with Crippen molar-refractivity contribution in [2.45, 2.75) is 40.0 Å². The molecule has 0 aliphatic carbocycles. The van der Waals surface area contributed by atoms with E-state index < -0.39 is 0 Å². The minimum absolute atomic E-state index is 0.00205. The summed E-state index contributed by atoms with van der Waals surface area (Å²) >= 11 is 0. The molecule has 3 aromatic heterocycles. The molecule has 6 nitrogen and oxygen atoms in total. The molecule has 7 aromatic rings. The molecule has 8 rings (SSSR count). The predicted molar refractivity (Wildman–Crippen MR) is 192 cm³/mol. The Morgan fingerprint density at radius 2 is 1.38 bits per heavy atom. The van der Waals surface area contributed by atoms with Gasteiger partial charge in [-0.05, 0) is 84.9 Å². The third-order valence-electron chi connectivity index (χ3n) is 9.07. The Labute approximate surface area is 275 Å². The van der Waals surface area contributed by atoms with Gasteiger partial charge in [-0.3, -0.25) is 4.57 Å². The maximum Gasteiger partial charge on any atom is 0.526 e. The Bertz CT molecular complexity index is 2270. The molecule has 1 aliphatic rings. The highest BCUT2D eigenvalue weighted by Gasteiger charge is 2.42. The number of aromatic nitrogens is 3. The Morgan fingerprint density at radius 3 is 2.17 bits per heavy atom. The zero-order valence-corrected chi connectivity index (χ0v) is 27.2. The highest BCUT2D eigenvalue weighted by Crippen LogP contribution is 2.44. The Morgan fingerprint density at radius 1 is 0.660 bits per heavy atom. The molecule has 0 amide bonds. The summed E-state index contributed by atoms with van der Waals surface area (Å²) in [5.41, 5.74) is 7.78. The van der Waals surface area contributed by atoms with E-state index in [9.17, 15) is 0 Å². The number of para-hydroxylation sites is 1. The zero-order chi connectivity index (χ0) is 32.3. The fraction of sp³-hybridized carbons (Fsp3) is 0.150. The second kappa shape index (κ2) is 11.1. The van der Waals surface area contributed by atoms with Gasteiger partial charge >= 0.3 is 7.05 Å². The van der Waals surface area contributed by atoms with Gasteiger partial charge < -0.3 is 14.2 Å². The minimum atomic E-state index is -0.347. The molecule has 0 bridgehead atoms. The molecule has 230 valence electrons. The van der Waals surface area contributed by atoms with Crippen molar-refractivity contribution in [3.8, 4) is 23.1 Å². The van der Waals surface area contributed by atoms with Crippen molar-refractivity contribution in [2.24, 2.45) is 0 Å². The topological polar surface area (TPSA) is 52.4 Å². The molecule has 4 aromatic carbocycles. The van der Waals surface area contributed by atoms with Gasteiger partial charge in [0.05, 0.1) is 16.7 Å². The number of ether oxygens (including phenoxy) is 1. The van der Waals surface area contributed by atoms with Crippen LogP contribution in [0.25, 0.3) is 27.6 Å². The maximum atomic E-state index is 6.64. The highest BCUT2D eigenvalue weighted by molar-refractivity contribution is 6.75. The molecule has 0 saturated heterocycles. The van der Waals surface area contributed by atoms with Crippen LogP contribution in [-0.4, -0.2) is 21.6 Å². The van der Waals surface area contributed by atoms with Crippen molar-refractivity contribution in [1.82, 2.24) is 14.5 Å². The Balaban J connectivity index is 1.21. The summed E-state index contributed by atoms with van der Waals surface area (Å²) in [7, 11) is -0.347. The van der Waals surface area contributed by atoms with Crippen LogP contribution < -0.4 is 19.7 Å². The van der Waals surface area contributed by atoms with E-state index in [2.05, 4.69) is 111 Å². The van der Waals surface area contributed by atoms with E-state index >= 15 is 0 Å². The van der Waals surface area contributed by atoms with E-state index in [1.165, 1.54) is 22.1 Å². The number of hydrogen-bond acceptors (Lipinski definition) is 5. The van der Waals surface area contributed by atoms with Gasteiger partial charge in [0.15, 0.2) is 0 Å². The first-order valence-electron chi connectivity index (χ1n) is 16.0. The minimum Gasteiger partial charge on any atom is -0.536 e. The first-order valence-corrected chi connectivity index (χ1v) is 16.0. The second-order valence-electron chi connectivity index (χ2n) is 13.2. The lowest BCUT2D eigenvalue weighted by Gasteiger charge is -2.23. The van der Waals surface area contributed by atoms with Crippen molar-refractivity contribution >= 4 is 45.8 Å². The number of nitrogens with zero attached hydrogens (tertiary/aromatic N) is 4. The number of rotatable bonds is 5. The van der Waals surface area contributed by atoms with Crippen molar-refractivity contribution in [3.63, 3.8) is 0 Å². The van der Waals surface area contributed by atoms with Crippen molar-refractivity contribution < 1.29 is 9.39 Å². The van der Waals surface area contributed by atoms with Crippen LogP contribution in [0.1, 0.15) is 37.5 Å². The van der Waals surface area contributed by atoms with Gasteiger partial charge in [-0.1, -0.05) is 74.4 Å². The third-order valence-corrected chi connectivity index (χ3v) is 9.07. The van der Waals surface area contributed by atoms with Crippen LogP contribution in [0.2, 0.25) is 0 Å². The number of fused-ring (bicyclic) bond motifs is 4. The monoisotopic (exact) mass is 614 g/mol. The molecule has 0 unspecified atom stereocenters. The SMILES string of the molecule is Cc1cccc(C)c1B1Oc2ccc(Oc3ccc4c5ccccc5n(-c5cc(C(C)(C)C)ccn5)c4c3)cc2N1c1ccccn1. The quantitative estimate of drug-likeness (QED) is 0.181. The number of anilines is 2. The molecule has 4 heterocycles. The summed E-state index contributed by atoms with van der Waals surface area (Å²) in [5.74, 6) is 3.94. The molecule has 0 atom stereocenters. The molecule has 0 spiro atoms. The molecule has 0 N–H and O–H groups in total. The molecular formula is C40H35BN4O2. The van der Waals surface area contributed by atoms with Crippen LogP contribution in [-0.2, 0) is 5.41 Å². The van der Waals surface area contributed by atoms with E-state index in [-0.39, 0.29) is 12.5 Å². The summed E-state index contributed by atoms with van der Waals surface area (Å²) in [6.45, 7) is 10.9. The fourth-order valence-corrected chi connectivity index (χ4v) is 6.70. The number of aryl methyl sites for hydroxylation is 2. The Hall–Kier alpha value is -5.56. The van der Waals surface area contributed by atoms with Crippen LogP contribution in [0.4, 0.5) is 11.5 Å². The highest BCUT2D eigenvalue weighted by atomic mass is 16.5. The first kappa shape index (κ1) is 28.9. The van der Waals surface area contributed by atoms with Crippen LogP contribution in [0, 0.1) is 13.8 Å². The lowest BCUT2D eigenvalue weighted by Crippen LogP contribution is -2.49. The average Bonchev–Trinajstić information content (AvgIpc) is 3.60. The van der Waals surface area contributed by atoms with Crippen molar-refractivity contribution in [2.75, 3.05) is 4.81 Å². The summed E-state index contributed by atoms with van der Waals surface area (Å²) in [6, 6.07) is 37.4. The molecule has 0 fully saturated rings. The van der Waals surface area contributed by atoms with Crippen LogP contribution in [0.5, 0.6) is 17.2 Å². The summed E-state index contributed by atoms with van der Waals surface area (Å²) < 4.78 is 15.5. The molecule has 0 radical (unpaired) electrons. The fourth-order valence-electron chi connectivity index (χ4n) is 6.70. The normalized spacial score (nSPS) is 12.9. The smallest absolute Gasteiger partial charge is 0.526 e. The predicted octanol–water partition coefficient (Wildman–Crippen LogP) is 9.21. The van der Waals surface area contributed by atoms with E-state index in [0.717, 1.165) is 50.7 Å². The van der Waals surface area contributed by atoms with Crippen molar-refractivity contribution in [3.05, 3.63) is 138 Å². The Kier molecular flexibility index (Phi) is 6.80. The van der Waals surface area contributed by atoms with Gasteiger partial charge in [-0.15, -0.1) is 0 Å². The van der Waals surface area contributed by atoms with E-state index in [0.29, 0.717) is 5.75 Å². The first-order chi connectivity index (χ1) is 22.8. The third kappa shape index (κ3) is 4.99. The molecule has 47 heavy (non-hydrogen) atoms. The van der Waals surface area contributed by atoms with Gasteiger partial charge in [0.2, 0.25) is 0 Å². The molecule has 1 aliphatic heterocycles. The molecular weight excluding hydrogens is 579 g/mol. The van der Waals surface area contributed by atoms with E-state index in [4.69, 9.17) is 19.4 Å². The summed E-state index contributed by atoms with van der Waals surface area (Å²) in [5, 5.41) is 2.33. The van der Waals surface area contributed by atoms with Crippen LogP contribution in [0.15, 0.2) is 122 Å². The lowest BCUT2D eigenvalue weighted by molar-refractivity contribution is 0.482. The standard InChI is InChI=1S/C40H35BN4O2/c1-26-11-10-12-27(2)39(26)41-45(37-15-8-9-21-42-37)35-25-30(17-19-36(35)47-41)46-29-16-18-32-31-13-6-7-14-33(31)44(34(32)24-29)38-23-28(20-22-43-38)40(3,4)5/h6-25H,1-5H3. The van der Waals surface area contributed by atoms with Gasteiger partial charge in [0, 0.05) is 35.3 Å². The van der Waals surface area contributed by atoms with Crippen molar-refractivity contribution in [1.29, 1.82) is 0 Å². The van der Waals surface area contributed by atoms with Crippen LogP contribution >= 0.6 is 0 Å². The lowest BCUT2D eigenvalue weighted by atomic mass is 9.67. The summed E-state index contributed by atoms with van der Waals surface area (Å²) in [6.07, 6.45) is 3.72. The van der Waals surface area contributed by atoms with Gasteiger partial charge in [0.25, 0.3) is 0 Å². The van der Waals surface area contributed by atoms with Crippen LogP contribution in [0.3, 0.4) is 0 Å². The van der Waals surface area contributed by atoms with Gasteiger partial charge in [-0.2, -0.15) is 0 Å². The van der Waals surface area contributed by atoms with Gasteiger partial charge in [-0.25, -0.2) is 9.97 Å². The van der Waals surface area contributed by atoms with Gasteiger partial charge in [0.1, 0.15) is 28.9 Å². The van der Waals surface area contributed by atoms with E-state index in [1.807, 2.05) is 54.9 Å². The zero-order valence-electron chi connectivity index (χ0n) is 27.2. The molecule has 0 saturated carbocycles. The number of pyridine rings is 2. The average molecular weight is 615 g/mol. The second-order valence-corrected chi connectivity index (χ2v) is 13.2. The largest absolute Gasteiger partial charge is 0.536 e.